The number of rotatable bonds is 4. The average molecular weight is 231 g/mol. The SMILES string of the molecule is COc1cc(CCl)c(OC)c(C)c1OC. The molecule has 0 bridgehead atoms. The van der Waals surface area contributed by atoms with Gasteiger partial charge in [0.05, 0.1) is 27.2 Å². The quantitative estimate of drug-likeness (QED) is 0.745. The maximum Gasteiger partial charge on any atom is 0.167 e. The molecule has 0 aliphatic carbocycles. The van der Waals surface area contributed by atoms with E-state index >= 15 is 0 Å². The van der Waals surface area contributed by atoms with Gasteiger partial charge in [0.15, 0.2) is 11.5 Å². The summed E-state index contributed by atoms with van der Waals surface area (Å²) in [5.74, 6) is 2.49. The summed E-state index contributed by atoms with van der Waals surface area (Å²) in [5.41, 5.74) is 1.80. The first-order valence-electron chi connectivity index (χ1n) is 4.54. The first-order chi connectivity index (χ1) is 7.19. The van der Waals surface area contributed by atoms with Crippen molar-refractivity contribution < 1.29 is 14.2 Å². The number of alkyl halides is 1. The number of halogens is 1. The Morgan fingerprint density at radius 1 is 1.07 bits per heavy atom. The van der Waals surface area contributed by atoms with Crippen LogP contribution in [-0.2, 0) is 5.88 Å². The van der Waals surface area contributed by atoms with Crippen molar-refractivity contribution in [1.29, 1.82) is 0 Å². The fraction of sp³-hybridized carbons (Fsp3) is 0.455. The highest BCUT2D eigenvalue weighted by molar-refractivity contribution is 6.17. The van der Waals surface area contributed by atoms with Crippen molar-refractivity contribution >= 4 is 11.6 Å². The highest BCUT2D eigenvalue weighted by Gasteiger charge is 2.16. The number of ether oxygens (including phenoxy) is 3. The molecule has 1 aromatic rings. The van der Waals surface area contributed by atoms with Crippen molar-refractivity contribution in [2.45, 2.75) is 12.8 Å². The second kappa shape index (κ2) is 5.12. The van der Waals surface area contributed by atoms with E-state index in [1.807, 2.05) is 13.0 Å². The summed E-state index contributed by atoms with van der Waals surface area (Å²) < 4.78 is 15.8. The summed E-state index contributed by atoms with van der Waals surface area (Å²) in [5, 5.41) is 0. The van der Waals surface area contributed by atoms with Crippen molar-refractivity contribution in [1.82, 2.24) is 0 Å². The van der Waals surface area contributed by atoms with Gasteiger partial charge in [0.1, 0.15) is 5.75 Å². The van der Waals surface area contributed by atoms with Gasteiger partial charge >= 0.3 is 0 Å². The Labute approximate surface area is 94.9 Å². The Bertz CT molecular complexity index is 320. The minimum atomic E-state index is 0.379. The third kappa shape index (κ3) is 2.12. The second-order valence-corrected chi connectivity index (χ2v) is 3.33. The molecule has 4 heteroatoms. The van der Waals surface area contributed by atoms with Gasteiger partial charge in [-0.1, -0.05) is 0 Å². The van der Waals surface area contributed by atoms with Crippen LogP contribution < -0.4 is 14.2 Å². The highest BCUT2D eigenvalue weighted by Crippen LogP contribution is 2.40. The normalized spacial score (nSPS) is 9.93. The molecule has 0 aliphatic rings. The van der Waals surface area contributed by atoms with Gasteiger partial charge in [-0.15, -0.1) is 11.6 Å². The van der Waals surface area contributed by atoms with E-state index in [4.69, 9.17) is 25.8 Å². The fourth-order valence-corrected chi connectivity index (χ4v) is 1.81. The topological polar surface area (TPSA) is 27.7 Å². The van der Waals surface area contributed by atoms with Crippen LogP contribution in [0.5, 0.6) is 17.2 Å². The molecular weight excluding hydrogens is 216 g/mol. The van der Waals surface area contributed by atoms with Gasteiger partial charge in [-0.2, -0.15) is 0 Å². The summed E-state index contributed by atoms with van der Waals surface area (Å²) in [7, 11) is 4.82. The molecule has 0 amide bonds. The monoisotopic (exact) mass is 230 g/mol. The molecule has 84 valence electrons. The van der Waals surface area contributed by atoms with Gasteiger partial charge in [-0.25, -0.2) is 0 Å². The van der Waals surface area contributed by atoms with Crippen LogP contribution in [0.1, 0.15) is 11.1 Å². The molecule has 0 heterocycles. The molecule has 1 rings (SSSR count). The molecule has 0 saturated carbocycles. The van der Waals surface area contributed by atoms with E-state index in [0.717, 1.165) is 16.9 Å². The van der Waals surface area contributed by atoms with Gasteiger partial charge in [-0.3, -0.25) is 0 Å². The standard InChI is InChI=1S/C11H15ClO3/c1-7-10(14-3)8(6-12)5-9(13-2)11(7)15-4/h5H,6H2,1-4H3. The van der Waals surface area contributed by atoms with Crippen LogP contribution in [0.15, 0.2) is 6.07 Å². The maximum absolute atomic E-state index is 5.83. The van der Waals surface area contributed by atoms with Crippen LogP contribution in [0, 0.1) is 6.92 Å². The van der Waals surface area contributed by atoms with E-state index in [1.54, 1.807) is 21.3 Å². The molecule has 0 aromatic heterocycles. The van der Waals surface area contributed by atoms with Crippen molar-refractivity contribution in [2.75, 3.05) is 21.3 Å². The zero-order chi connectivity index (χ0) is 11.4. The molecule has 0 N–H and O–H groups in total. The molecule has 0 fully saturated rings. The minimum absolute atomic E-state index is 0.379. The fourth-order valence-electron chi connectivity index (χ4n) is 1.61. The number of hydrogen-bond donors (Lipinski definition) is 0. The molecule has 0 unspecified atom stereocenters. The summed E-state index contributed by atoms with van der Waals surface area (Å²) in [6.45, 7) is 1.91. The third-order valence-corrected chi connectivity index (χ3v) is 2.56. The zero-order valence-electron chi connectivity index (χ0n) is 9.39. The Hall–Kier alpha value is -1.09. The lowest BCUT2D eigenvalue weighted by Crippen LogP contribution is -1.99. The summed E-state index contributed by atoms with van der Waals surface area (Å²) in [6.07, 6.45) is 0. The van der Waals surface area contributed by atoms with Crippen molar-refractivity contribution in [3.05, 3.63) is 17.2 Å². The van der Waals surface area contributed by atoms with Crippen molar-refractivity contribution in [3.8, 4) is 17.2 Å². The highest BCUT2D eigenvalue weighted by atomic mass is 35.5. The van der Waals surface area contributed by atoms with E-state index in [9.17, 15) is 0 Å². The average Bonchev–Trinajstić information content (AvgIpc) is 2.27. The molecule has 0 radical (unpaired) electrons. The van der Waals surface area contributed by atoms with E-state index in [1.165, 1.54) is 0 Å². The molecular formula is C11H15ClO3. The van der Waals surface area contributed by atoms with Crippen LogP contribution in [0.25, 0.3) is 0 Å². The van der Waals surface area contributed by atoms with Gasteiger partial charge < -0.3 is 14.2 Å². The van der Waals surface area contributed by atoms with E-state index < -0.39 is 0 Å². The van der Waals surface area contributed by atoms with Crippen LogP contribution in [0.4, 0.5) is 0 Å². The van der Waals surface area contributed by atoms with Crippen LogP contribution >= 0.6 is 11.6 Å². The van der Waals surface area contributed by atoms with Crippen LogP contribution in [0.2, 0.25) is 0 Å². The van der Waals surface area contributed by atoms with Gasteiger partial charge in [0.2, 0.25) is 0 Å². The molecule has 3 nitrogen and oxygen atoms in total. The van der Waals surface area contributed by atoms with Crippen molar-refractivity contribution in [2.24, 2.45) is 0 Å². The Morgan fingerprint density at radius 2 is 1.67 bits per heavy atom. The minimum Gasteiger partial charge on any atom is -0.496 e. The van der Waals surface area contributed by atoms with Gasteiger partial charge in [0, 0.05) is 11.1 Å². The molecule has 0 saturated heterocycles. The van der Waals surface area contributed by atoms with Gasteiger partial charge in [-0.05, 0) is 13.0 Å². The Morgan fingerprint density at radius 3 is 2.07 bits per heavy atom. The van der Waals surface area contributed by atoms with Crippen molar-refractivity contribution in [3.63, 3.8) is 0 Å². The summed E-state index contributed by atoms with van der Waals surface area (Å²) >= 11 is 5.83. The predicted molar refractivity (Wildman–Crippen MR) is 60.4 cm³/mol. The first kappa shape index (κ1) is 12.0. The van der Waals surface area contributed by atoms with Gasteiger partial charge in [0.25, 0.3) is 0 Å². The lowest BCUT2D eigenvalue weighted by Gasteiger charge is -2.16. The summed E-state index contributed by atoms with van der Waals surface area (Å²) in [6, 6.07) is 1.83. The molecule has 0 aliphatic heterocycles. The lowest BCUT2D eigenvalue weighted by molar-refractivity contribution is 0.344. The van der Waals surface area contributed by atoms with E-state index in [0.29, 0.717) is 17.4 Å². The zero-order valence-corrected chi connectivity index (χ0v) is 10.1. The molecule has 1 aromatic carbocycles. The number of hydrogen-bond acceptors (Lipinski definition) is 3. The molecule has 0 atom stereocenters. The van der Waals surface area contributed by atoms with Crippen LogP contribution in [-0.4, -0.2) is 21.3 Å². The lowest BCUT2D eigenvalue weighted by atomic mass is 10.1. The van der Waals surface area contributed by atoms with Crippen LogP contribution in [0.3, 0.4) is 0 Å². The third-order valence-electron chi connectivity index (χ3n) is 2.27. The smallest absolute Gasteiger partial charge is 0.167 e. The number of methoxy groups -OCH3 is 3. The maximum atomic E-state index is 5.83. The molecule has 15 heavy (non-hydrogen) atoms. The Kier molecular flexibility index (Phi) is 4.09. The van der Waals surface area contributed by atoms with E-state index in [-0.39, 0.29) is 0 Å². The summed E-state index contributed by atoms with van der Waals surface area (Å²) in [4.78, 5) is 0. The number of benzene rings is 1. The largest absolute Gasteiger partial charge is 0.496 e. The second-order valence-electron chi connectivity index (χ2n) is 3.06. The predicted octanol–water partition coefficient (Wildman–Crippen LogP) is 2.76. The van der Waals surface area contributed by atoms with E-state index in [2.05, 4.69) is 0 Å². The molecule has 0 spiro atoms. The Balaban J connectivity index is 3.41. The first-order valence-corrected chi connectivity index (χ1v) is 5.07.